The summed E-state index contributed by atoms with van der Waals surface area (Å²) in [5.41, 5.74) is 0.901. The number of ether oxygens (including phenoxy) is 1. The first-order valence-electron chi connectivity index (χ1n) is 6.94. The molecule has 1 atom stereocenters. The third-order valence-electron chi connectivity index (χ3n) is 3.60. The molecular weight excluding hydrogens is 270 g/mol. The van der Waals surface area contributed by atoms with Gasteiger partial charge in [-0.15, -0.1) is 0 Å². The first-order valence-corrected chi connectivity index (χ1v) is 6.94. The lowest BCUT2D eigenvalue weighted by Crippen LogP contribution is -2.35. The molecule has 5 nitrogen and oxygen atoms in total. The molecule has 0 bridgehead atoms. The summed E-state index contributed by atoms with van der Waals surface area (Å²) in [5.74, 6) is -0.229. The first-order chi connectivity index (χ1) is 10.1. The van der Waals surface area contributed by atoms with Crippen molar-refractivity contribution in [2.24, 2.45) is 0 Å². The van der Waals surface area contributed by atoms with Crippen molar-refractivity contribution in [3.63, 3.8) is 0 Å². The molecule has 112 valence electrons. The van der Waals surface area contributed by atoms with Crippen molar-refractivity contribution >= 4 is 18.0 Å². The predicted octanol–water partition coefficient (Wildman–Crippen LogP) is 2.17. The lowest BCUT2D eigenvalue weighted by molar-refractivity contribution is -0.139. The van der Waals surface area contributed by atoms with Gasteiger partial charge in [0.25, 0.3) is 0 Å². The monoisotopic (exact) mass is 289 g/mol. The van der Waals surface area contributed by atoms with Crippen LogP contribution >= 0.6 is 0 Å². The van der Waals surface area contributed by atoms with Gasteiger partial charge in [-0.1, -0.05) is 12.1 Å². The molecule has 0 radical (unpaired) electrons. The van der Waals surface area contributed by atoms with E-state index in [1.807, 2.05) is 24.3 Å². The lowest BCUT2D eigenvalue weighted by Gasteiger charge is -2.21. The number of methoxy groups -OCH3 is 1. The Kier molecular flexibility index (Phi) is 4.98. The molecule has 1 aliphatic rings. The summed E-state index contributed by atoms with van der Waals surface area (Å²) < 4.78 is 5.07. The number of aliphatic carboxylic acids is 1. The topological polar surface area (TPSA) is 66.8 Å². The molecule has 1 heterocycles. The van der Waals surface area contributed by atoms with E-state index in [1.54, 1.807) is 18.1 Å². The minimum absolute atomic E-state index is 0.0160. The van der Waals surface area contributed by atoms with Crippen LogP contribution in [0.2, 0.25) is 0 Å². The smallest absolute Gasteiger partial charge is 0.305 e. The second kappa shape index (κ2) is 6.92. The van der Waals surface area contributed by atoms with Crippen molar-refractivity contribution in [2.75, 3.05) is 13.7 Å². The van der Waals surface area contributed by atoms with Crippen LogP contribution in [0.5, 0.6) is 5.75 Å². The van der Waals surface area contributed by atoms with Crippen LogP contribution in [0, 0.1) is 0 Å². The van der Waals surface area contributed by atoms with Crippen LogP contribution in [0.15, 0.2) is 30.3 Å². The fraction of sp³-hybridized carbons (Fsp3) is 0.375. The average Bonchev–Trinajstić information content (AvgIpc) is 2.92. The van der Waals surface area contributed by atoms with E-state index in [0.29, 0.717) is 6.54 Å². The normalized spacial score (nSPS) is 18.1. The van der Waals surface area contributed by atoms with Crippen LogP contribution in [0.1, 0.15) is 24.8 Å². The quantitative estimate of drug-likeness (QED) is 0.844. The number of nitrogens with zero attached hydrogens (tertiary/aromatic N) is 1. The molecule has 1 aliphatic heterocycles. The summed E-state index contributed by atoms with van der Waals surface area (Å²) in [7, 11) is 1.60. The van der Waals surface area contributed by atoms with Crippen LogP contribution in [-0.4, -0.2) is 41.6 Å². The Morgan fingerprint density at radius 2 is 2.10 bits per heavy atom. The maximum Gasteiger partial charge on any atom is 0.305 e. The number of hydrogen-bond donors (Lipinski definition) is 1. The van der Waals surface area contributed by atoms with Gasteiger partial charge in [0, 0.05) is 18.7 Å². The molecule has 1 aromatic carbocycles. The second-order valence-electron chi connectivity index (χ2n) is 5.03. The number of likely N-dealkylation sites (tertiary alicyclic amines) is 1. The van der Waals surface area contributed by atoms with E-state index in [0.717, 1.165) is 24.2 Å². The van der Waals surface area contributed by atoms with Gasteiger partial charge in [-0.2, -0.15) is 0 Å². The molecule has 21 heavy (non-hydrogen) atoms. The molecule has 2 rings (SSSR count). The molecule has 0 aliphatic carbocycles. The van der Waals surface area contributed by atoms with Gasteiger partial charge < -0.3 is 14.7 Å². The van der Waals surface area contributed by atoms with Crippen molar-refractivity contribution in [1.82, 2.24) is 4.90 Å². The fourth-order valence-electron chi connectivity index (χ4n) is 2.52. The summed E-state index contributed by atoms with van der Waals surface area (Å²) in [5, 5.41) is 8.86. The second-order valence-corrected chi connectivity index (χ2v) is 5.03. The number of rotatable bonds is 5. The summed E-state index contributed by atoms with van der Waals surface area (Å²) >= 11 is 0. The molecule has 0 aromatic heterocycles. The minimum Gasteiger partial charge on any atom is -0.497 e. The zero-order valence-electron chi connectivity index (χ0n) is 12.0. The number of carboxylic acids is 1. The fourth-order valence-corrected chi connectivity index (χ4v) is 2.52. The summed E-state index contributed by atoms with van der Waals surface area (Å²) in [6, 6.07) is 7.19. The molecule has 1 N–H and O–H groups in total. The van der Waals surface area contributed by atoms with Gasteiger partial charge in [-0.05, 0) is 36.6 Å². The van der Waals surface area contributed by atoms with E-state index >= 15 is 0 Å². The van der Waals surface area contributed by atoms with Gasteiger partial charge in [0.2, 0.25) is 5.91 Å². The summed E-state index contributed by atoms with van der Waals surface area (Å²) in [6.07, 6.45) is 4.87. The highest BCUT2D eigenvalue weighted by atomic mass is 16.5. The van der Waals surface area contributed by atoms with Crippen LogP contribution in [0.25, 0.3) is 6.08 Å². The molecule has 1 aromatic rings. The van der Waals surface area contributed by atoms with Gasteiger partial charge in [-0.25, -0.2) is 0 Å². The van der Waals surface area contributed by atoms with E-state index in [9.17, 15) is 9.59 Å². The number of carbonyl (C=O) groups excluding carboxylic acids is 1. The Balaban J connectivity index is 1.99. The number of carboxylic acid groups (broad SMARTS) is 1. The number of carbonyl (C=O) groups is 2. The molecule has 1 unspecified atom stereocenters. The van der Waals surface area contributed by atoms with Gasteiger partial charge in [0.15, 0.2) is 0 Å². The molecule has 0 spiro atoms. The van der Waals surface area contributed by atoms with E-state index in [1.165, 1.54) is 6.08 Å². The molecule has 1 fully saturated rings. The summed E-state index contributed by atoms with van der Waals surface area (Å²) in [6.45, 7) is 0.629. The van der Waals surface area contributed by atoms with Crippen LogP contribution in [-0.2, 0) is 9.59 Å². The Morgan fingerprint density at radius 3 is 2.71 bits per heavy atom. The Bertz CT molecular complexity index is 536. The van der Waals surface area contributed by atoms with E-state index in [4.69, 9.17) is 9.84 Å². The van der Waals surface area contributed by atoms with E-state index in [2.05, 4.69) is 0 Å². The third-order valence-corrected chi connectivity index (χ3v) is 3.60. The lowest BCUT2D eigenvalue weighted by atomic mass is 10.1. The van der Waals surface area contributed by atoms with Crippen molar-refractivity contribution in [3.05, 3.63) is 35.9 Å². The van der Waals surface area contributed by atoms with E-state index < -0.39 is 5.97 Å². The van der Waals surface area contributed by atoms with Crippen molar-refractivity contribution in [3.8, 4) is 5.75 Å². The maximum atomic E-state index is 12.2. The Labute approximate surface area is 123 Å². The van der Waals surface area contributed by atoms with Gasteiger partial charge in [-0.3, -0.25) is 9.59 Å². The first kappa shape index (κ1) is 15.1. The number of benzene rings is 1. The van der Waals surface area contributed by atoms with Gasteiger partial charge >= 0.3 is 5.97 Å². The summed E-state index contributed by atoms with van der Waals surface area (Å²) in [4.78, 5) is 24.6. The Hall–Kier alpha value is -2.30. The highest BCUT2D eigenvalue weighted by Gasteiger charge is 2.28. The van der Waals surface area contributed by atoms with Crippen molar-refractivity contribution < 1.29 is 19.4 Å². The zero-order chi connectivity index (χ0) is 15.2. The highest BCUT2D eigenvalue weighted by Crippen LogP contribution is 2.21. The van der Waals surface area contributed by atoms with Crippen molar-refractivity contribution in [1.29, 1.82) is 0 Å². The van der Waals surface area contributed by atoms with Gasteiger partial charge in [0.1, 0.15) is 5.75 Å². The SMILES string of the molecule is COc1ccc(C=CC(=O)N2CCCC2CC(=O)O)cc1. The zero-order valence-corrected chi connectivity index (χ0v) is 12.0. The standard InChI is InChI=1S/C16H19NO4/c1-21-14-7-4-12(5-8-14)6-9-15(18)17-10-2-3-13(17)11-16(19)20/h4-9,13H,2-3,10-11H2,1H3,(H,19,20). The van der Waals surface area contributed by atoms with Crippen LogP contribution in [0.3, 0.4) is 0 Å². The maximum absolute atomic E-state index is 12.2. The predicted molar refractivity (Wildman–Crippen MR) is 79.0 cm³/mol. The number of amides is 1. The molecule has 0 saturated carbocycles. The molecular formula is C16H19NO4. The highest BCUT2D eigenvalue weighted by molar-refractivity contribution is 5.92. The molecule has 5 heteroatoms. The minimum atomic E-state index is -0.862. The van der Waals surface area contributed by atoms with E-state index in [-0.39, 0.29) is 18.4 Å². The average molecular weight is 289 g/mol. The Morgan fingerprint density at radius 1 is 1.38 bits per heavy atom. The molecule has 1 saturated heterocycles. The molecule has 1 amide bonds. The van der Waals surface area contributed by atoms with Crippen molar-refractivity contribution in [2.45, 2.75) is 25.3 Å². The number of hydrogen-bond acceptors (Lipinski definition) is 3. The van der Waals surface area contributed by atoms with Crippen LogP contribution < -0.4 is 4.74 Å². The third kappa shape index (κ3) is 4.08. The van der Waals surface area contributed by atoms with Crippen LogP contribution in [0.4, 0.5) is 0 Å². The van der Waals surface area contributed by atoms with Gasteiger partial charge in [0.05, 0.1) is 13.5 Å². The largest absolute Gasteiger partial charge is 0.497 e.